The van der Waals surface area contributed by atoms with Crippen molar-refractivity contribution in [2.75, 3.05) is 11.9 Å². The number of hydrogen-bond acceptors (Lipinski definition) is 4. The number of nitrogens with two attached hydrogens (primary N) is 1. The number of nitrogens with one attached hydrogen (secondary N) is 2. The number of hydrogen-bond donors (Lipinski definition) is 3. The maximum absolute atomic E-state index is 11.6. The molecule has 0 aliphatic carbocycles. The predicted octanol–water partition coefficient (Wildman–Crippen LogP) is 0.991. The minimum Gasteiger partial charge on any atom is -0.330 e. The molecule has 1 aromatic carbocycles. The zero-order valence-electron chi connectivity index (χ0n) is 12.1. The molecule has 7 heteroatoms. The first kappa shape index (κ1) is 18.1. The maximum atomic E-state index is 11.6. The molecule has 1 saturated heterocycles. The third kappa shape index (κ3) is 5.13. The minimum absolute atomic E-state index is 0. The average molecular weight is 326 g/mol. The Labute approximate surface area is 135 Å². The summed E-state index contributed by atoms with van der Waals surface area (Å²) in [6.07, 6.45) is 1.84. The van der Waals surface area contributed by atoms with Crippen LogP contribution in [0.1, 0.15) is 24.8 Å². The second kappa shape index (κ2) is 8.51. The lowest BCUT2D eigenvalue weighted by Gasteiger charge is -2.08. The highest BCUT2D eigenvalue weighted by Crippen LogP contribution is 2.19. The van der Waals surface area contributed by atoms with E-state index in [0.717, 1.165) is 5.56 Å². The molecule has 0 saturated carbocycles. The van der Waals surface area contributed by atoms with Crippen LogP contribution in [0.4, 0.5) is 5.69 Å². The van der Waals surface area contributed by atoms with E-state index >= 15 is 0 Å². The highest BCUT2D eigenvalue weighted by molar-refractivity contribution is 6.03. The van der Waals surface area contributed by atoms with Crippen LogP contribution in [-0.2, 0) is 20.8 Å². The Morgan fingerprint density at radius 2 is 1.95 bits per heavy atom. The van der Waals surface area contributed by atoms with Crippen molar-refractivity contribution in [2.24, 2.45) is 11.7 Å². The Kier molecular flexibility index (Phi) is 7.01. The summed E-state index contributed by atoms with van der Waals surface area (Å²) < 4.78 is 0. The molecule has 1 unspecified atom stereocenters. The van der Waals surface area contributed by atoms with Gasteiger partial charge in [0, 0.05) is 18.5 Å². The standard InChI is InChI=1S/C15H19N3O3.ClH/c16-7-1-2-13(19)17-12-5-3-10(4-6-12)8-11-9-14(20)18-15(11)21;/h3-6,11H,1-2,7-9,16H2,(H,17,19)(H,18,20,21);1H. The average Bonchev–Trinajstić information content (AvgIpc) is 2.77. The molecule has 1 heterocycles. The monoisotopic (exact) mass is 325 g/mol. The van der Waals surface area contributed by atoms with Gasteiger partial charge >= 0.3 is 0 Å². The molecule has 0 radical (unpaired) electrons. The number of anilines is 1. The second-order valence-corrected chi connectivity index (χ2v) is 5.15. The van der Waals surface area contributed by atoms with Crippen molar-refractivity contribution in [3.63, 3.8) is 0 Å². The smallest absolute Gasteiger partial charge is 0.230 e. The van der Waals surface area contributed by atoms with Crippen molar-refractivity contribution >= 4 is 35.8 Å². The van der Waals surface area contributed by atoms with Crippen LogP contribution >= 0.6 is 12.4 Å². The molecule has 1 aromatic rings. The van der Waals surface area contributed by atoms with Crippen LogP contribution in [0.25, 0.3) is 0 Å². The molecule has 120 valence electrons. The van der Waals surface area contributed by atoms with Gasteiger partial charge in [-0.1, -0.05) is 12.1 Å². The zero-order chi connectivity index (χ0) is 15.2. The largest absolute Gasteiger partial charge is 0.330 e. The van der Waals surface area contributed by atoms with Crippen molar-refractivity contribution in [3.05, 3.63) is 29.8 Å². The van der Waals surface area contributed by atoms with Gasteiger partial charge in [0.25, 0.3) is 0 Å². The molecule has 22 heavy (non-hydrogen) atoms. The van der Waals surface area contributed by atoms with Gasteiger partial charge in [0.2, 0.25) is 17.7 Å². The SMILES string of the molecule is Cl.NCCCC(=O)Nc1ccc(CC2CC(=O)NC2=O)cc1. The van der Waals surface area contributed by atoms with E-state index < -0.39 is 0 Å². The van der Waals surface area contributed by atoms with Crippen LogP contribution in [0, 0.1) is 5.92 Å². The maximum Gasteiger partial charge on any atom is 0.230 e. The van der Waals surface area contributed by atoms with E-state index in [2.05, 4.69) is 10.6 Å². The highest BCUT2D eigenvalue weighted by Gasteiger charge is 2.30. The summed E-state index contributed by atoms with van der Waals surface area (Å²) in [4.78, 5) is 34.2. The summed E-state index contributed by atoms with van der Waals surface area (Å²) in [7, 11) is 0. The number of carbonyl (C=O) groups is 3. The lowest BCUT2D eigenvalue weighted by Crippen LogP contribution is -2.22. The van der Waals surface area contributed by atoms with Gasteiger partial charge in [0.15, 0.2) is 0 Å². The van der Waals surface area contributed by atoms with E-state index in [-0.39, 0.29) is 42.5 Å². The molecule has 2 rings (SSSR count). The van der Waals surface area contributed by atoms with E-state index in [1.807, 2.05) is 12.1 Å². The van der Waals surface area contributed by atoms with E-state index in [1.165, 1.54) is 0 Å². The first-order valence-electron chi connectivity index (χ1n) is 7.01. The Hall–Kier alpha value is -1.92. The fraction of sp³-hybridized carbons (Fsp3) is 0.400. The third-order valence-electron chi connectivity index (χ3n) is 3.39. The molecule has 1 fully saturated rings. The Morgan fingerprint density at radius 1 is 1.27 bits per heavy atom. The summed E-state index contributed by atoms with van der Waals surface area (Å²) in [6, 6.07) is 7.30. The van der Waals surface area contributed by atoms with E-state index in [0.29, 0.717) is 31.5 Å². The summed E-state index contributed by atoms with van der Waals surface area (Å²) in [5.74, 6) is -0.774. The molecule has 1 aliphatic heterocycles. The van der Waals surface area contributed by atoms with Crippen molar-refractivity contribution in [1.82, 2.24) is 5.32 Å². The summed E-state index contributed by atoms with van der Waals surface area (Å²) in [5.41, 5.74) is 7.03. The summed E-state index contributed by atoms with van der Waals surface area (Å²) >= 11 is 0. The quantitative estimate of drug-likeness (QED) is 0.679. The number of rotatable bonds is 6. The van der Waals surface area contributed by atoms with Crippen molar-refractivity contribution < 1.29 is 14.4 Å². The lowest BCUT2D eigenvalue weighted by atomic mass is 9.98. The molecule has 4 N–H and O–H groups in total. The molecule has 0 aromatic heterocycles. The van der Waals surface area contributed by atoms with Crippen LogP contribution in [0.2, 0.25) is 0 Å². The van der Waals surface area contributed by atoms with Gasteiger partial charge in [-0.05, 0) is 37.1 Å². The second-order valence-electron chi connectivity index (χ2n) is 5.15. The van der Waals surface area contributed by atoms with Crippen molar-refractivity contribution in [1.29, 1.82) is 0 Å². The summed E-state index contributed by atoms with van der Waals surface area (Å²) in [5, 5.41) is 5.08. The zero-order valence-corrected chi connectivity index (χ0v) is 12.9. The Morgan fingerprint density at radius 3 is 2.50 bits per heavy atom. The van der Waals surface area contributed by atoms with Crippen molar-refractivity contribution in [2.45, 2.75) is 25.7 Å². The first-order valence-corrected chi connectivity index (χ1v) is 7.01. The van der Waals surface area contributed by atoms with Gasteiger partial charge in [-0.2, -0.15) is 0 Å². The van der Waals surface area contributed by atoms with Crippen LogP contribution in [0.3, 0.4) is 0 Å². The molecular formula is C15H20ClN3O3. The van der Waals surface area contributed by atoms with Crippen molar-refractivity contribution in [3.8, 4) is 0 Å². The van der Waals surface area contributed by atoms with E-state index in [1.54, 1.807) is 12.1 Å². The van der Waals surface area contributed by atoms with Crippen LogP contribution in [-0.4, -0.2) is 24.3 Å². The van der Waals surface area contributed by atoms with E-state index in [4.69, 9.17) is 5.73 Å². The Balaban J connectivity index is 0.00000242. The molecule has 0 bridgehead atoms. The van der Waals surface area contributed by atoms with E-state index in [9.17, 15) is 14.4 Å². The molecular weight excluding hydrogens is 306 g/mol. The summed E-state index contributed by atoms with van der Waals surface area (Å²) in [6.45, 7) is 0.495. The highest BCUT2D eigenvalue weighted by atomic mass is 35.5. The number of benzene rings is 1. The van der Waals surface area contributed by atoms with Gasteiger partial charge in [-0.15, -0.1) is 12.4 Å². The van der Waals surface area contributed by atoms with Gasteiger partial charge in [0.05, 0.1) is 5.92 Å². The first-order chi connectivity index (χ1) is 10.1. The number of halogens is 1. The fourth-order valence-corrected chi connectivity index (χ4v) is 2.27. The topological polar surface area (TPSA) is 101 Å². The van der Waals surface area contributed by atoms with Gasteiger partial charge in [-0.25, -0.2) is 0 Å². The molecule has 6 nitrogen and oxygen atoms in total. The molecule has 1 atom stereocenters. The lowest BCUT2D eigenvalue weighted by molar-refractivity contribution is -0.125. The number of amides is 3. The predicted molar refractivity (Wildman–Crippen MR) is 85.6 cm³/mol. The normalized spacial score (nSPS) is 16.9. The number of carbonyl (C=O) groups excluding carboxylic acids is 3. The fourth-order valence-electron chi connectivity index (χ4n) is 2.27. The van der Waals surface area contributed by atoms with Crippen LogP contribution < -0.4 is 16.4 Å². The molecule has 0 spiro atoms. The van der Waals surface area contributed by atoms with Gasteiger partial charge in [0.1, 0.15) is 0 Å². The minimum atomic E-state index is -0.289. The van der Waals surface area contributed by atoms with Crippen LogP contribution in [0.15, 0.2) is 24.3 Å². The number of imide groups is 1. The molecule has 3 amide bonds. The van der Waals surface area contributed by atoms with Gasteiger partial charge < -0.3 is 11.1 Å². The van der Waals surface area contributed by atoms with Gasteiger partial charge in [-0.3, -0.25) is 19.7 Å². The van der Waals surface area contributed by atoms with Crippen LogP contribution in [0.5, 0.6) is 0 Å². The molecule has 1 aliphatic rings. The third-order valence-corrected chi connectivity index (χ3v) is 3.39. The Bertz CT molecular complexity index is 545.